The molecule has 1 rings (SSSR count). The van der Waals surface area contributed by atoms with Crippen LogP contribution in [-0.2, 0) is 4.79 Å². The number of aromatic nitrogens is 2. The van der Waals surface area contributed by atoms with Crippen molar-refractivity contribution in [3.05, 3.63) is 11.9 Å². The predicted octanol–water partition coefficient (Wildman–Crippen LogP) is 1.93. The molecule has 0 atom stereocenters. The number of nitrogens with one attached hydrogen (secondary N) is 3. The van der Waals surface area contributed by atoms with Crippen LogP contribution in [0.3, 0.4) is 0 Å². The Bertz CT molecular complexity index is 434. The third-order valence-electron chi connectivity index (χ3n) is 2.50. The molecule has 6 heteroatoms. The first kappa shape index (κ1) is 16.2. The molecule has 0 saturated carbocycles. The summed E-state index contributed by atoms with van der Waals surface area (Å²) in [6, 6.07) is 2.04. The van der Waals surface area contributed by atoms with Crippen LogP contribution in [0.4, 0.5) is 11.6 Å². The van der Waals surface area contributed by atoms with Gasteiger partial charge in [0.05, 0.1) is 0 Å². The number of anilines is 2. The highest BCUT2D eigenvalue weighted by atomic mass is 16.1. The van der Waals surface area contributed by atoms with Crippen LogP contribution in [0.1, 0.15) is 39.4 Å². The average molecular weight is 279 g/mol. The molecule has 6 nitrogen and oxygen atoms in total. The summed E-state index contributed by atoms with van der Waals surface area (Å²) in [5, 5.41) is 9.24. The summed E-state index contributed by atoms with van der Waals surface area (Å²) in [5.41, 5.74) is 0. The maximum Gasteiger partial charge on any atom is 0.221 e. The van der Waals surface area contributed by atoms with E-state index in [-0.39, 0.29) is 11.9 Å². The van der Waals surface area contributed by atoms with Gasteiger partial charge in [-0.15, -0.1) is 0 Å². The zero-order chi connectivity index (χ0) is 15.0. The van der Waals surface area contributed by atoms with Crippen molar-refractivity contribution in [1.29, 1.82) is 0 Å². The van der Waals surface area contributed by atoms with Crippen LogP contribution in [0.25, 0.3) is 0 Å². The van der Waals surface area contributed by atoms with Crippen LogP contribution < -0.4 is 16.0 Å². The third kappa shape index (κ3) is 6.36. The summed E-state index contributed by atoms with van der Waals surface area (Å²) in [6.07, 6.45) is 1.47. The Morgan fingerprint density at radius 2 is 1.80 bits per heavy atom. The molecule has 20 heavy (non-hydrogen) atoms. The molecule has 1 heterocycles. The predicted molar refractivity (Wildman–Crippen MR) is 81.9 cm³/mol. The molecule has 0 radical (unpaired) electrons. The minimum atomic E-state index is 0.0441. The molecule has 0 unspecified atom stereocenters. The monoisotopic (exact) mass is 279 g/mol. The van der Waals surface area contributed by atoms with E-state index in [0.29, 0.717) is 18.8 Å². The number of hydrogen-bond acceptors (Lipinski definition) is 5. The number of rotatable bonds is 8. The molecule has 3 N–H and O–H groups in total. The van der Waals surface area contributed by atoms with Gasteiger partial charge in [0, 0.05) is 31.6 Å². The van der Waals surface area contributed by atoms with Crippen LogP contribution in [0, 0.1) is 6.92 Å². The highest BCUT2D eigenvalue weighted by Gasteiger charge is 2.04. The minimum absolute atomic E-state index is 0.0441. The van der Waals surface area contributed by atoms with E-state index in [1.165, 1.54) is 0 Å². The zero-order valence-electron chi connectivity index (χ0n) is 12.8. The second-order valence-corrected chi connectivity index (χ2v) is 5.01. The summed E-state index contributed by atoms with van der Waals surface area (Å²) in [5.74, 6) is 2.31. The largest absolute Gasteiger partial charge is 0.370 e. The van der Waals surface area contributed by atoms with E-state index < -0.39 is 0 Å². The number of amides is 1. The Hall–Kier alpha value is -1.85. The van der Waals surface area contributed by atoms with Gasteiger partial charge in [0.25, 0.3) is 0 Å². The van der Waals surface area contributed by atoms with Crippen LogP contribution in [0.5, 0.6) is 0 Å². The number of aryl methyl sites for hydroxylation is 1. The van der Waals surface area contributed by atoms with Crippen molar-refractivity contribution < 1.29 is 4.79 Å². The van der Waals surface area contributed by atoms with Gasteiger partial charge in [-0.2, -0.15) is 0 Å². The number of hydrogen-bond donors (Lipinski definition) is 3. The van der Waals surface area contributed by atoms with E-state index in [0.717, 1.165) is 24.6 Å². The maximum absolute atomic E-state index is 11.5. The van der Waals surface area contributed by atoms with Crippen LogP contribution in [-0.4, -0.2) is 35.0 Å². The average Bonchev–Trinajstić information content (AvgIpc) is 2.35. The normalized spacial score (nSPS) is 10.4. The summed E-state index contributed by atoms with van der Waals surface area (Å²) < 4.78 is 0. The molecule has 0 bridgehead atoms. The molecule has 1 aromatic heterocycles. The van der Waals surface area contributed by atoms with E-state index in [1.54, 1.807) is 0 Å². The number of carbonyl (C=O) groups excluding carboxylic acids is 1. The lowest BCUT2D eigenvalue weighted by atomic mass is 10.3. The molecular formula is C14H25N5O. The van der Waals surface area contributed by atoms with Gasteiger partial charge in [0.15, 0.2) is 0 Å². The standard InChI is InChI=1S/C14H25N5O/c1-5-7-15-12-9-13(19-11(4)18-12)16-8-6-14(20)17-10(2)3/h9-10H,5-8H2,1-4H3,(H,17,20)(H2,15,16,18,19). The van der Waals surface area contributed by atoms with Crippen molar-refractivity contribution in [2.45, 2.75) is 46.6 Å². The first-order chi connectivity index (χ1) is 9.51. The van der Waals surface area contributed by atoms with Crippen molar-refractivity contribution in [2.24, 2.45) is 0 Å². The van der Waals surface area contributed by atoms with Gasteiger partial charge in [0.2, 0.25) is 5.91 Å². The van der Waals surface area contributed by atoms with Gasteiger partial charge in [-0.25, -0.2) is 9.97 Å². The summed E-state index contributed by atoms with van der Waals surface area (Å²) in [6.45, 7) is 9.30. The van der Waals surface area contributed by atoms with Crippen molar-refractivity contribution in [1.82, 2.24) is 15.3 Å². The van der Waals surface area contributed by atoms with Crippen molar-refractivity contribution in [3.63, 3.8) is 0 Å². The lowest BCUT2D eigenvalue weighted by molar-refractivity contribution is -0.121. The van der Waals surface area contributed by atoms with E-state index in [9.17, 15) is 4.79 Å². The molecule has 0 aliphatic heterocycles. The third-order valence-corrected chi connectivity index (χ3v) is 2.50. The molecule has 0 saturated heterocycles. The Balaban J connectivity index is 2.46. The van der Waals surface area contributed by atoms with Gasteiger partial charge in [0.1, 0.15) is 17.5 Å². The van der Waals surface area contributed by atoms with Gasteiger partial charge in [-0.3, -0.25) is 4.79 Å². The first-order valence-electron chi connectivity index (χ1n) is 7.14. The van der Waals surface area contributed by atoms with E-state index in [1.807, 2.05) is 26.8 Å². The SMILES string of the molecule is CCCNc1cc(NCCC(=O)NC(C)C)nc(C)n1. The fraction of sp³-hybridized carbons (Fsp3) is 0.643. The second kappa shape index (κ2) is 8.35. The fourth-order valence-electron chi connectivity index (χ4n) is 1.70. The summed E-state index contributed by atoms with van der Waals surface area (Å²) in [4.78, 5) is 20.1. The molecule has 0 aromatic carbocycles. The summed E-state index contributed by atoms with van der Waals surface area (Å²) in [7, 11) is 0. The highest BCUT2D eigenvalue weighted by Crippen LogP contribution is 2.11. The molecule has 112 valence electrons. The Morgan fingerprint density at radius 1 is 1.20 bits per heavy atom. The molecule has 0 fully saturated rings. The van der Waals surface area contributed by atoms with Crippen LogP contribution in [0.15, 0.2) is 6.07 Å². The maximum atomic E-state index is 11.5. The Kier molecular flexibility index (Phi) is 6.76. The van der Waals surface area contributed by atoms with Gasteiger partial charge >= 0.3 is 0 Å². The smallest absolute Gasteiger partial charge is 0.221 e. The zero-order valence-corrected chi connectivity index (χ0v) is 12.8. The Labute approximate surface area is 120 Å². The van der Waals surface area contributed by atoms with E-state index in [2.05, 4.69) is 32.8 Å². The molecule has 0 aliphatic carbocycles. The quantitative estimate of drug-likeness (QED) is 0.677. The van der Waals surface area contributed by atoms with Gasteiger partial charge < -0.3 is 16.0 Å². The highest BCUT2D eigenvalue weighted by molar-refractivity contribution is 5.76. The van der Waals surface area contributed by atoms with Crippen LogP contribution in [0.2, 0.25) is 0 Å². The van der Waals surface area contributed by atoms with Crippen molar-refractivity contribution in [2.75, 3.05) is 23.7 Å². The number of nitrogens with zero attached hydrogens (tertiary/aromatic N) is 2. The lowest BCUT2D eigenvalue weighted by Gasteiger charge is -2.11. The molecular weight excluding hydrogens is 254 g/mol. The number of carbonyl (C=O) groups is 1. The second-order valence-electron chi connectivity index (χ2n) is 5.01. The topological polar surface area (TPSA) is 78.9 Å². The minimum Gasteiger partial charge on any atom is -0.370 e. The van der Waals surface area contributed by atoms with Crippen molar-refractivity contribution in [3.8, 4) is 0 Å². The fourth-order valence-corrected chi connectivity index (χ4v) is 1.70. The lowest BCUT2D eigenvalue weighted by Crippen LogP contribution is -2.31. The molecule has 0 spiro atoms. The van der Waals surface area contributed by atoms with Gasteiger partial charge in [-0.05, 0) is 27.2 Å². The van der Waals surface area contributed by atoms with Crippen LogP contribution >= 0.6 is 0 Å². The van der Waals surface area contributed by atoms with Crippen molar-refractivity contribution >= 4 is 17.5 Å². The molecule has 1 amide bonds. The van der Waals surface area contributed by atoms with Gasteiger partial charge in [-0.1, -0.05) is 6.92 Å². The van der Waals surface area contributed by atoms with E-state index in [4.69, 9.17) is 0 Å². The first-order valence-corrected chi connectivity index (χ1v) is 7.14. The van der Waals surface area contributed by atoms with E-state index >= 15 is 0 Å². The molecule has 0 aliphatic rings. The molecule has 1 aromatic rings. The Morgan fingerprint density at radius 3 is 2.35 bits per heavy atom. The summed E-state index contributed by atoms with van der Waals surface area (Å²) >= 11 is 0.